The smallest absolute Gasteiger partial charge is 0.132 e. The molecule has 0 aromatic carbocycles. The third-order valence-corrected chi connectivity index (χ3v) is 1.24. The zero-order valence-corrected chi connectivity index (χ0v) is 6.46. The monoisotopic (exact) mass is 188 g/mol. The van der Waals surface area contributed by atoms with Crippen molar-refractivity contribution in [3.8, 4) is 0 Å². The van der Waals surface area contributed by atoms with Crippen molar-refractivity contribution in [1.82, 2.24) is 20.4 Å². The van der Waals surface area contributed by atoms with Crippen molar-refractivity contribution in [2.45, 2.75) is 12.3 Å². The van der Waals surface area contributed by atoms with E-state index in [0.29, 0.717) is 17.0 Å². The minimum Gasteiger partial charge on any atom is -0.132 e. The summed E-state index contributed by atoms with van der Waals surface area (Å²) in [6.45, 7) is 1.75. The fraction of sp³-hybridized carbons (Fsp3) is 0.500. The highest BCUT2D eigenvalue weighted by Gasteiger charge is 1.92. The molecule has 0 atom stereocenters. The van der Waals surface area contributed by atoms with Gasteiger partial charge >= 0.3 is 0 Å². The van der Waals surface area contributed by atoms with E-state index in [4.69, 9.17) is 0 Å². The van der Waals surface area contributed by atoms with Gasteiger partial charge in [0.2, 0.25) is 0 Å². The molecule has 0 amide bonds. The molecule has 9 heavy (non-hydrogen) atoms. The summed E-state index contributed by atoms with van der Waals surface area (Å²) in [5.74, 6) is 1.21. The second kappa shape index (κ2) is 2.82. The molecule has 5 heteroatoms. The maximum Gasteiger partial charge on any atom is 0.184 e. The van der Waals surface area contributed by atoms with Crippen LogP contribution in [0.5, 0.6) is 0 Å². The van der Waals surface area contributed by atoms with Crippen molar-refractivity contribution in [3.05, 3.63) is 11.6 Å². The first-order chi connectivity index (χ1) is 4.33. The molecule has 0 aliphatic rings. The Kier molecular flexibility index (Phi) is 2.05. The molecular formula is C4H5BrN4. The van der Waals surface area contributed by atoms with E-state index in [1.54, 1.807) is 6.92 Å². The molecule has 0 unspecified atom stereocenters. The number of aromatic nitrogens is 4. The van der Waals surface area contributed by atoms with Crippen molar-refractivity contribution < 1.29 is 0 Å². The Morgan fingerprint density at radius 2 is 1.78 bits per heavy atom. The van der Waals surface area contributed by atoms with Gasteiger partial charge in [-0.1, -0.05) is 15.9 Å². The van der Waals surface area contributed by atoms with Crippen LogP contribution < -0.4 is 0 Å². The Labute approximate surface area is 60.8 Å². The van der Waals surface area contributed by atoms with Crippen LogP contribution >= 0.6 is 15.9 Å². The van der Waals surface area contributed by atoms with Crippen LogP contribution in [-0.4, -0.2) is 20.4 Å². The minimum absolute atomic E-state index is 0.597. The second-order valence-corrected chi connectivity index (χ2v) is 2.06. The van der Waals surface area contributed by atoms with Crippen LogP contribution in [0, 0.1) is 6.92 Å². The minimum atomic E-state index is 0.597. The van der Waals surface area contributed by atoms with Gasteiger partial charge in [0.05, 0.1) is 5.33 Å². The lowest BCUT2D eigenvalue weighted by atomic mass is 10.7. The van der Waals surface area contributed by atoms with Gasteiger partial charge in [-0.25, -0.2) is 0 Å². The van der Waals surface area contributed by atoms with E-state index in [0.717, 1.165) is 0 Å². The molecule has 0 aliphatic carbocycles. The lowest BCUT2D eigenvalue weighted by molar-refractivity contribution is 0.764. The van der Waals surface area contributed by atoms with E-state index < -0.39 is 0 Å². The molecule has 0 fully saturated rings. The van der Waals surface area contributed by atoms with E-state index >= 15 is 0 Å². The van der Waals surface area contributed by atoms with E-state index in [1.165, 1.54) is 0 Å². The molecule has 1 rings (SSSR count). The van der Waals surface area contributed by atoms with Crippen LogP contribution in [-0.2, 0) is 5.33 Å². The van der Waals surface area contributed by atoms with E-state index in [9.17, 15) is 0 Å². The Hall–Kier alpha value is -0.580. The van der Waals surface area contributed by atoms with Gasteiger partial charge in [0.25, 0.3) is 0 Å². The molecule has 0 N–H and O–H groups in total. The maximum atomic E-state index is 3.73. The Morgan fingerprint density at radius 1 is 1.22 bits per heavy atom. The van der Waals surface area contributed by atoms with Crippen LogP contribution in [0.4, 0.5) is 0 Å². The number of aryl methyl sites for hydroxylation is 1. The Morgan fingerprint density at radius 3 is 2.22 bits per heavy atom. The van der Waals surface area contributed by atoms with Gasteiger partial charge in [-0.3, -0.25) is 0 Å². The molecule has 0 saturated heterocycles. The molecule has 1 heterocycles. The van der Waals surface area contributed by atoms with Crippen molar-refractivity contribution in [2.75, 3.05) is 0 Å². The highest BCUT2D eigenvalue weighted by Crippen LogP contribution is 1.92. The third-order valence-electron chi connectivity index (χ3n) is 0.740. The molecule has 1 aromatic rings. The van der Waals surface area contributed by atoms with Crippen molar-refractivity contribution in [1.29, 1.82) is 0 Å². The summed E-state index contributed by atoms with van der Waals surface area (Å²) in [6, 6.07) is 0. The van der Waals surface area contributed by atoms with Crippen LogP contribution in [0.1, 0.15) is 11.6 Å². The van der Waals surface area contributed by atoms with Crippen LogP contribution in [0.3, 0.4) is 0 Å². The summed E-state index contributed by atoms with van der Waals surface area (Å²) in [5, 5.41) is 15.4. The lowest BCUT2D eigenvalue weighted by Gasteiger charge is -1.88. The SMILES string of the molecule is Cc1nnc(CBr)nn1. The molecule has 48 valence electrons. The van der Waals surface area contributed by atoms with Gasteiger partial charge in [0.1, 0.15) is 0 Å². The summed E-state index contributed by atoms with van der Waals surface area (Å²) in [4.78, 5) is 0. The van der Waals surface area contributed by atoms with E-state index in [1.807, 2.05) is 0 Å². The van der Waals surface area contributed by atoms with Crippen LogP contribution in [0.15, 0.2) is 0 Å². The zero-order chi connectivity index (χ0) is 6.69. The number of rotatable bonds is 1. The normalized spacial score (nSPS) is 9.56. The lowest BCUT2D eigenvalue weighted by Crippen LogP contribution is -1.99. The molecule has 4 nitrogen and oxygen atoms in total. The summed E-state index contributed by atoms with van der Waals surface area (Å²) in [7, 11) is 0. The Balaban J connectivity index is 2.88. The molecular weight excluding hydrogens is 184 g/mol. The highest BCUT2D eigenvalue weighted by molar-refractivity contribution is 9.08. The molecule has 0 saturated carbocycles. The van der Waals surface area contributed by atoms with Gasteiger partial charge in [0.15, 0.2) is 11.6 Å². The predicted octanol–water partition coefficient (Wildman–Crippen LogP) is 0.470. The summed E-state index contributed by atoms with van der Waals surface area (Å²) < 4.78 is 0. The summed E-state index contributed by atoms with van der Waals surface area (Å²) in [6.07, 6.45) is 0. The first-order valence-electron chi connectivity index (χ1n) is 2.42. The zero-order valence-electron chi connectivity index (χ0n) is 4.87. The Bertz CT molecular complexity index is 184. The van der Waals surface area contributed by atoms with Gasteiger partial charge in [0, 0.05) is 0 Å². The topological polar surface area (TPSA) is 51.6 Å². The predicted molar refractivity (Wildman–Crippen MR) is 35.0 cm³/mol. The number of hydrogen-bond acceptors (Lipinski definition) is 4. The molecule has 0 bridgehead atoms. The van der Waals surface area contributed by atoms with Gasteiger partial charge in [-0.2, -0.15) is 0 Å². The highest BCUT2D eigenvalue weighted by atomic mass is 79.9. The van der Waals surface area contributed by atoms with E-state index in [-0.39, 0.29) is 0 Å². The first kappa shape index (κ1) is 6.54. The quantitative estimate of drug-likeness (QED) is 0.602. The van der Waals surface area contributed by atoms with Crippen molar-refractivity contribution >= 4 is 15.9 Å². The number of hydrogen-bond donors (Lipinski definition) is 0. The van der Waals surface area contributed by atoms with E-state index in [2.05, 4.69) is 36.3 Å². The molecule has 0 spiro atoms. The van der Waals surface area contributed by atoms with Crippen molar-refractivity contribution in [2.24, 2.45) is 0 Å². The number of alkyl halides is 1. The average Bonchev–Trinajstić information content (AvgIpc) is 1.90. The average molecular weight is 189 g/mol. The number of halogens is 1. The first-order valence-corrected chi connectivity index (χ1v) is 3.54. The second-order valence-electron chi connectivity index (χ2n) is 1.50. The summed E-state index contributed by atoms with van der Waals surface area (Å²) in [5.41, 5.74) is 0. The third kappa shape index (κ3) is 1.67. The largest absolute Gasteiger partial charge is 0.184 e. The van der Waals surface area contributed by atoms with Gasteiger partial charge in [-0.05, 0) is 6.92 Å². The maximum absolute atomic E-state index is 3.73. The molecule has 0 radical (unpaired) electrons. The van der Waals surface area contributed by atoms with Crippen LogP contribution in [0.2, 0.25) is 0 Å². The fourth-order valence-corrected chi connectivity index (χ4v) is 0.578. The van der Waals surface area contributed by atoms with Gasteiger partial charge < -0.3 is 0 Å². The molecule has 0 aliphatic heterocycles. The van der Waals surface area contributed by atoms with Crippen LogP contribution in [0.25, 0.3) is 0 Å². The standard InChI is InChI=1S/C4H5BrN4/c1-3-6-8-4(2-5)9-7-3/h2H2,1H3. The van der Waals surface area contributed by atoms with Crippen molar-refractivity contribution in [3.63, 3.8) is 0 Å². The molecule has 1 aromatic heterocycles. The number of nitrogens with zero attached hydrogens (tertiary/aromatic N) is 4. The van der Waals surface area contributed by atoms with Gasteiger partial charge in [-0.15, -0.1) is 20.4 Å². The summed E-state index contributed by atoms with van der Waals surface area (Å²) >= 11 is 3.18. The fourth-order valence-electron chi connectivity index (χ4n) is 0.354.